The Labute approximate surface area is 133 Å². The van der Waals surface area contributed by atoms with Crippen LogP contribution in [0, 0.1) is 23.7 Å². The molecule has 3 aliphatic rings. The number of hydrazine groups is 1. The van der Waals surface area contributed by atoms with Crippen LogP contribution in [0.2, 0.25) is 0 Å². The number of methoxy groups -OCH3 is 1. The van der Waals surface area contributed by atoms with Crippen LogP contribution in [0.25, 0.3) is 0 Å². The summed E-state index contributed by atoms with van der Waals surface area (Å²) in [6, 6.07) is 6.49. The number of carbonyl (C=O) groups excluding carboxylic acids is 3. The number of nitrogens with zero attached hydrogens (tertiary/aromatic N) is 1. The lowest BCUT2D eigenvalue weighted by atomic mass is 9.85. The summed E-state index contributed by atoms with van der Waals surface area (Å²) in [5.41, 5.74) is 2.82. The average Bonchev–Trinajstić information content (AvgIpc) is 3.24. The van der Waals surface area contributed by atoms with Gasteiger partial charge in [0.2, 0.25) is 0 Å². The topological polar surface area (TPSA) is 75.7 Å². The first-order valence-corrected chi connectivity index (χ1v) is 7.61. The molecule has 4 rings (SSSR count). The highest BCUT2D eigenvalue weighted by molar-refractivity contribution is 6.08. The monoisotopic (exact) mass is 312 g/mol. The van der Waals surface area contributed by atoms with Crippen molar-refractivity contribution in [3.05, 3.63) is 42.0 Å². The minimum absolute atomic E-state index is 0.129. The zero-order chi connectivity index (χ0) is 16.1. The average molecular weight is 312 g/mol. The van der Waals surface area contributed by atoms with Crippen molar-refractivity contribution in [1.29, 1.82) is 0 Å². The van der Waals surface area contributed by atoms with Crippen LogP contribution in [0.5, 0.6) is 5.75 Å². The quantitative estimate of drug-likeness (QED) is 0.671. The largest absolute Gasteiger partial charge is 0.497 e. The summed E-state index contributed by atoms with van der Waals surface area (Å²) < 4.78 is 5.04. The third-order valence-electron chi connectivity index (χ3n) is 5.04. The lowest BCUT2D eigenvalue weighted by Crippen LogP contribution is -2.47. The molecule has 1 saturated carbocycles. The maximum atomic E-state index is 12.5. The number of benzene rings is 1. The molecule has 2 aliphatic carbocycles. The number of amides is 3. The van der Waals surface area contributed by atoms with Gasteiger partial charge >= 0.3 is 0 Å². The van der Waals surface area contributed by atoms with Crippen molar-refractivity contribution in [3.8, 4) is 5.75 Å². The van der Waals surface area contributed by atoms with Crippen LogP contribution in [0.15, 0.2) is 36.4 Å². The summed E-state index contributed by atoms with van der Waals surface area (Å²) >= 11 is 0. The van der Waals surface area contributed by atoms with E-state index in [9.17, 15) is 14.4 Å². The Balaban J connectivity index is 1.52. The van der Waals surface area contributed by atoms with Gasteiger partial charge in [0.25, 0.3) is 17.7 Å². The second-order valence-corrected chi connectivity index (χ2v) is 6.18. The van der Waals surface area contributed by atoms with Crippen molar-refractivity contribution < 1.29 is 19.1 Å². The molecule has 0 unspecified atom stereocenters. The molecule has 118 valence electrons. The van der Waals surface area contributed by atoms with Gasteiger partial charge in [-0.25, -0.2) is 0 Å². The Hall–Kier alpha value is -2.63. The first-order chi connectivity index (χ1) is 11.1. The van der Waals surface area contributed by atoms with E-state index in [-0.39, 0.29) is 35.5 Å². The number of imide groups is 1. The first-order valence-electron chi connectivity index (χ1n) is 7.61. The van der Waals surface area contributed by atoms with Crippen molar-refractivity contribution in [3.63, 3.8) is 0 Å². The number of carbonyl (C=O) groups is 3. The van der Waals surface area contributed by atoms with Crippen LogP contribution in [-0.2, 0) is 9.59 Å². The predicted molar refractivity (Wildman–Crippen MR) is 80.0 cm³/mol. The van der Waals surface area contributed by atoms with E-state index in [2.05, 4.69) is 5.43 Å². The van der Waals surface area contributed by atoms with Gasteiger partial charge in [0.05, 0.1) is 18.9 Å². The van der Waals surface area contributed by atoms with Gasteiger partial charge in [-0.1, -0.05) is 12.2 Å². The fourth-order valence-electron chi connectivity index (χ4n) is 3.92. The minimum atomic E-state index is -0.477. The van der Waals surface area contributed by atoms with Crippen LogP contribution >= 0.6 is 0 Å². The standard InChI is InChI=1S/C17H16N2O4/c1-23-12-6-4-9(5-7-12)15(20)18-19-16(21)13-10-2-3-11(8-10)14(13)17(19)22/h2-7,10-11,13-14H,8H2,1H3,(H,18,20)/t10-,11+,13-,14-/m0/s1. The third kappa shape index (κ3) is 1.98. The summed E-state index contributed by atoms with van der Waals surface area (Å²) in [5, 5.41) is 0.911. The fourth-order valence-corrected chi connectivity index (χ4v) is 3.92. The maximum absolute atomic E-state index is 12.5. The highest BCUT2D eigenvalue weighted by Crippen LogP contribution is 2.52. The van der Waals surface area contributed by atoms with Crippen LogP contribution in [-0.4, -0.2) is 29.8 Å². The number of hydrogen-bond acceptors (Lipinski definition) is 4. The van der Waals surface area contributed by atoms with Crippen LogP contribution in [0.1, 0.15) is 16.8 Å². The second-order valence-electron chi connectivity index (χ2n) is 6.18. The van der Waals surface area contributed by atoms with Crippen LogP contribution < -0.4 is 10.2 Å². The van der Waals surface area contributed by atoms with Gasteiger partial charge in [-0.2, -0.15) is 5.01 Å². The van der Waals surface area contributed by atoms with Crippen molar-refractivity contribution in [1.82, 2.24) is 10.4 Å². The molecular weight excluding hydrogens is 296 g/mol. The Bertz CT molecular complexity index is 695. The lowest BCUT2D eigenvalue weighted by molar-refractivity contribution is -0.143. The Morgan fingerprint density at radius 1 is 1.09 bits per heavy atom. The van der Waals surface area contributed by atoms with Crippen molar-refractivity contribution in [2.45, 2.75) is 6.42 Å². The van der Waals surface area contributed by atoms with Crippen molar-refractivity contribution in [2.75, 3.05) is 7.11 Å². The fraction of sp³-hybridized carbons (Fsp3) is 0.353. The molecular formula is C17H16N2O4. The van der Waals surface area contributed by atoms with E-state index >= 15 is 0 Å². The van der Waals surface area contributed by atoms with Gasteiger partial charge in [0, 0.05) is 5.56 Å². The molecule has 2 fully saturated rings. The summed E-state index contributed by atoms with van der Waals surface area (Å²) in [6.07, 6.45) is 4.91. The van der Waals surface area contributed by atoms with E-state index in [0.29, 0.717) is 11.3 Å². The number of hydrogen-bond donors (Lipinski definition) is 1. The minimum Gasteiger partial charge on any atom is -0.497 e. The molecule has 1 aliphatic heterocycles. The predicted octanol–water partition coefficient (Wildman–Crippen LogP) is 1.15. The third-order valence-corrected chi connectivity index (χ3v) is 5.04. The van der Waals surface area contributed by atoms with Gasteiger partial charge in [0.1, 0.15) is 5.75 Å². The molecule has 0 spiro atoms. The van der Waals surface area contributed by atoms with Crippen molar-refractivity contribution in [2.24, 2.45) is 23.7 Å². The number of ether oxygens (including phenoxy) is 1. The molecule has 6 heteroatoms. The van der Waals surface area contributed by atoms with E-state index in [1.165, 1.54) is 7.11 Å². The smallest absolute Gasteiger partial charge is 0.270 e. The molecule has 1 N–H and O–H groups in total. The summed E-state index contributed by atoms with van der Waals surface area (Å²) in [6.45, 7) is 0. The van der Waals surface area contributed by atoms with E-state index in [1.807, 2.05) is 12.2 Å². The number of fused-ring (bicyclic) bond motifs is 5. The van der Waals surface area contributed by atoms with E-state index in [0.717, 1.165) is 11.4 Å². The van der Waals surface area contributed by atoms with Gasteiger partial charge < -0.3 is 4.74 Å². The van der Waals surface area contributed by atoms with E-state index in [1.54, 1.807) is 24.3 Å². The molecule has 2 bridgehead atoms. The SMILES string of the molecule is COc1ccc(C(=O)NN2C(=O)[C@@H]3[C@@H](C2=O)[C@H]2C=C[C@@H]3C2)cc1. The highest BCUT2D eigenvalue weighted by Gasteiger charge is 2.59. The van der Waals surface area contributed by atoms with Crippen molar-refractivity contribution >= 4 is 17.7 Å². The van der Waals surface area contributed by atoms with Gasteiger partial charge in [-0.3, -0.25) is 19.8 Å². The summed E-state index contributed by atoms with van der Waals surface area (Å²) in [7, 11) is 1.54. The molecule has 1 heterocycles. The Kier molecular flexibility index (Phi) is 3.01. The normalized spacial score (nSPS) is 30.7. The molecule has 4 atom stereocenters. The number of allylic oxidation sites excluding steroid dienone is 2. The zero-order valence-corrected chi connectivity index (χ0v) is 12.6. The molecule has 3 amide bonds. The molecule has 1 aromatic rings. The lowest BCUT2D eigenvalue weighted by Gasteiger charge is -2.18. The second kappa shape index (κ2) is 4.94. The van der Waals surface area contributed by atoms with E-state index < -0.39 is 5.91 Å². The summed E-state index contributed by atoms with van der Waals surface area (Å²) in [4.78, 5) is 37.3. The molecule has 0 radical (unpaired) electrons. The number of nitrogens with one attached hydrogen (secondary N) is 1. The van der Waals surface area contributed by atoms with Gasteiger partial charge in [-0.05, 0) is 42.5 Å². The molecule has 0 aromatic heterocycles. The maximum Gasteiger partial charge on any atom is 0.270 e. The van der Waals surface area contributed by atoms with Gasteiger partial charge in [0.15, 0.2) is 0 Å². The molecule has 1 saturated heterocycles. The molecule has 1 aromatic carbocycles. The number of rotatable bonds is 3. The molecule has 23 heavy (non-hydrogen) atoms. The summed E-state index contributed by atoms with van der Waals surface area (Å²) in [5.74, 6) is -0.796. The highest BCUT2D eigenvalue weighted by atomic mass is 16.5. The van der Waals surface area contributed by atoms with Gasteiger partial charge in [-0.15, -0.1) is 0 Å². The van der Waals surface area contributed by atoms with Crippen LogP contribution in [0.4, 0.5) is 0 Å². The Morgan fingerprint density at radius 2 is 1.65 bits per heavy atom. The zero-order valence-electron chi connectivity index (χ0n) is 12.6. The van der Waals surface area contributed by atoms with Crippen LogP contribution in [0.3, 0.4) is 0 Å². The molecule has 6 nitrogen and oxygen atoms in total. The first kappa shape index (κ1) is 14.0. The van der Waals surface area contributed by atoms with E-state index in [4.69, 9.17) is 4.74 Å². The Morgan fingerprint density at radius 3 is 2.17 bits per heavy atom.